The van der Waals surface area contributed by atoms with Gasteiger partial charge in [0.1, 0.15) is 11.3 Å². The van der Waals surface area contributed by atoms with Crippen LogP contribution in [0.15, 0.2) is 82.7 Å². The summed E-state index contributed by atoms with van der Waals surface area (Å²) in [4.78, 5) is 17.9. The summed E-state index contributed by atoms with van der Waals surface area (Å²) in [5.74, 6) is 2.78. The molecule has 184 valence electrons. The average Bonchev–Trinajstić information content (AvgIpc) is 3.23. The van der Waals surface area contributed by atoms with E-state index in [1.807, 2.05) is 31.2 Å². The second-order valence-corrected chi connectivity index (χ2v) is 10.5. The van der Waals surface area contributed by atoms with Gasteiger partial charge in [0.05, 0.1) is 28.4 Å². The second-order valence-electron chi connectivity index (χ2n) is 7.66. The zero-order chi connectivity index (χ0) is 25.7. The second kappa shape index (κ2) is 10.8. The van der Waals surface area contributed by atoms with Crippen LogP contribution >= 0.6 is 11.3 Å². The molecule has 0 radical (unpaired) electrons. The van der Waals surface area contributed by atoms with Gasteiger partial charge in [-0.25, -0.2) is 8.42 Å². The number of terminal acetylenes is 1. The summed E-state index contributed by atoms with van der Waals surface area (Å²) < 4.78 is 36.2. The maximum Gasteiger partial charge on any atom is 0.279 e. The van der Waals surface area contributed by atoms with E-state index >= 15 is 0 Å². The van der Waals surface area contributed by atoms with E-state index in [0.29, 0.717) is 22.8 Å². The van der Waals surface area contributed by atoms with Gasteiger partial charge < -0.3 is 9.30 Å². The number of thiazole rings is 1. The Morgan fingerprint density at radius 2 is 1.78 bits per heavy atom. The third-order valence-corrected chi connectivity index (χ3v) is 8.39. The van der Waals surface area contributed by atoms with Crippen molar-refractivity contribution in [2.24, 2.45) is 4.99 Å². The Bertz CT molecular complexity index is 1600. The standard InChI is InChI=1S/C27H25N3O4S2/c1-4-19-29-25-23(34-6-3)13-10-14-24(25)35-27(29)28-26(31)20-15-17-22(18-16-20)36(32,33)30(5-2)21-11-8-7-9-12-21/h1,7-18H,5-6,19H2,2-3H3. The summed E-state index contributed by atoms with van der Waals surface area (Å²) in [6, 6.07) is 20.3. The van der Waals surface area contributed by atoms with E-state index < -0.39 is 15.9 Å². The number of carbonyl (C=O) groups excluding carboxylic acids is 1. The highest BCUT2D eigenvalue weighted by Crippen LogP contribution is 2.28. The van der Waals surface area contributed by atoms with Crippen molar-refractivity contribution in [3.05, 3.63) is 83.2 Å². The van der Waals surface area contributed by atoms with Gasteiger partial charge >= 0.3 is 0 Å². The van der Waals surface area contributed by atoms with Gasteiger partial charge in [-0.15, -0.1) is 6.42 Å². The minimum atomic E-state index is -3.79. The Kier molecular flexibility index (Phi) is 7.58. The molecule has 1 amide bonds. The quantitative estimate of drug-likeness (QED) is 0.316. The van der Waals surface area contributed by atoms with Crippen LogP contribution in [0.1, 0.15) is 24.2 Å². The number of para-hydroxylation sites is 2. The molecule has 7 nitrogen and oxygen atoms in total. The molecule has 0 atom stereocenters. The number of benzene rings is 3. The summed E-state index contributed by atoms with van der Waals surface area (Å²) in [7, 11) is -3.79. The first kappa shape index (κ1) is 25.2. The Hall–Kier alpha value is -3.87. The number of hydrogen-bond donors (Lipinski definition) is 0. The van der Waals surface area contributed by atoms with Crippen molar-refractivity contribution in [2.75, 3.05) is 17.5 Å². The molecule has 9 heteroatoms. The topological polar surface area (TPSA) is 81.0 Å². The monoisotopic (exact) mass is 519 g/mol. The molecule has 36 heavy (non-hydrogen) atoms. The first-order valence-corrected chi connectivity index (χ1v) is 13.6. The molecule has 0 fully saturated rings. The highest BCUT2D eigenvalue weighted by Gasteiger charge is 2.23. The third-order valence-electron chi connectivity index (χ3n) is 5.43. The normalized spacial score (nSPS) is 11.9. The van der Waals surface area contributed by atoms with E-state index in [4.69, 9.17) is 11.2 Å². The molecular formula is C27H25N3O4S2. The average molecular weight is 520 g/mol. The zero-order valence-electron chi connectivity index (χ0n) is 19.9. The molecule has 1 heterocycles. The first-order chi connectivity index (χ1) is 17.4. The third kappa shape index (κ3) is 4.91. The van der Waals surface area contributed by atoms with Gasteiger partial charge in [0.25, 0.3) is 15.9 Å². The minimum Gasteiger partial charge on any atom is -0.492 e. The van der Waals surface area contributed by atoms with Crippen LogP contribution in [0.3, 0.4) is 0 Å². The van der Waals surface area contributed by atoms with Crippen LogP contribution in [0.2, 0.25) is 0 Å². The van der Waals surface area contributed by atoms with E-state index in [0.717, 1.165) is 10.2 Å². The number of anilines is 1. The molecule has 1 aromatic heterocycles. The highest BCUT2D eigenvalue weighted by molar-refractivity contribution is 7.92. The molecule has 0 saturated heterocycles. The van der Waals surface area contributed by atoms with Crippen molar-refractivity contribution in [3.63, 3.8) is 0 Å². The lowest BCUT2D eigenvalue weighted by Crippen LogP contribution is -2.30. The molecule has 0 unspecified atom stereocenters. The number of carbonyl (C=O) groups is 1. The fourth-order valence-corrected chi connectivity index (χ4v) is 6.35. The Balaban J connectivity index is 1.69. The number of hydrogen-bond acceptors (Lipinski definition) is 5. The van der Waals surface area contributed by atoms with Crippen LogP contribution in [-0.2, 0) is 16.6 Å². The lowest BCUT2D eigenvalue weighted by atomic mass is 10.2. The SMILES string of the molecule is C#CCn1c(=NC(=O)c2ccc(S(=O)(=O)N(CC)c3ccccc3)cc2)sc2cccc(OCC)c21. The minimum absolute atomic E-state index is 0.0929. The lowest BCUT2D eigenvalue weighted by Gasteiger charge is -2.22. The van der Waals surface area contributed by atoms with Gasteiger partial charge in [0.2, 0.25) is 0 Å². The van der Waals surface area contributed by atoms with Crippen molar-refractivity contribution in [3.8, 4) is 18.1 Å². The number of ether oxygens (including phenoxy) is 1. The summed E-state index contributed by atoms with van der Waals surface area (Å²) in [6.45, 7) is 4.65. The van der Waals surface area contributed by atoms with Gasteiger partial charge in [-0.05, 0) is 62.4 Å². The number of rotatable bonds is 8. The largest absolute Gasteiger partial charge is 0.492 e. The summed E-state index contributed by atoms with van der Waals surface area (Å²) in [6.07, 6.45) is 5.59. The van der Waals surface area contributed by atoms with E-state index in [1.165, 1.54) is 39.9 Å². The molecule has 0 N–H and O–H groups in total. The maximum atomic E-state index is 13.2. The van der Waals surface area contributed by atoms with E-state index in [9.17, 15) is 13.2 Å². The summed E-state index contributed by atoms with van der Waals surface area (Å²) in [5.41, 5.74) is 1.63. The fraction of sp³-hybridized carbons (Fsp3) is 0.185. The van der Waals surface area contributed by atoms with E-state index in [-0.39, 0.29) is 23.5 Å². The Labute approximate surface area is 214 Å². The Morgan fingerprint density at radius 3 is 2.42 bits per heavy atom. The van der Waals surface area contributed by atoms with Crippen LogP contribution in [0.4, 0.5) is 5.69 Å². The number of aromatic nitrogens is 1. The smallest absolute Gasteiger partial charge is 0.279 e. The van der Waals surface area contributed by atoms with E-state index in [2.05, 4.69) is 10.9 Å². The van der Waals surface area contributed by atoms with Crippen LogP contribution in [0.5, 0.6) is 5.75 Å². The van der Waals surface area contributed by atoms with Crippen LogP contribution in [0.25, 0.3) is 10.2 Å². The fourth-order valence-electron chi connectivity index (χ4n) is 3.83. The van der Waals surface area contributed by atoms with Crippen molar-refractivity contribution in [1.82, 2.24) is 4.57 Å². The lowest BCUT2D eigenvalue weighted by molar-refractivity contribution is 0.0997. The molecule has 0 aliphatic heterocycles. The predicted molar refractivity (Wildman–Crippen MR) is 143 cm³/mol. The summed E-state index contributed by atoms with van der Waals surface area (Å²) >= 11 is 1.34. The molecule has 0 saturated carbocycles. The van der Waals surface area contributed by atoms with E-state index in [1.54, 1.807) is 35.8 Å². The van der Waals surface area contributed by atoms with Gasteiger partial charge in [0.15, 0.2) is 4.80 Å². The molecule has 0 spiro atoms. The van der Waals surface area contributed by atoms with Gasteiger partial charge in [0, 0.05) is 12.1 Å². The van der Waals surface area contributed by atoms with Gasteiger partial charge in [-0.1, -0.05) is 41.5 Å². The zero-order valence-corrected chi connectivity index (χ0v) is 21.6. The van der Waals surface area contributed by atoms with Crippen LogP contribution < -0.4 is 13.8 Å². The highest BCUT2D eigenvalue weighted by atomic mass is 32.2. The number of nitrogens with zero attached hydrogens (tertiary/aromatic N) is 3. The van der Waals surface area contributed by atoms with Gasteiger partial charge in [-0.3, -0.25) is 9.10 Å². The first-order valence-electron chi connectivity index (χ1n) is 11.4. The van der Waals surface area contributed by atoms with Crippen molar-refractivity contribution >= 4 is 43.2 Å². The molecule has 4 rings (SSSR count). The van der Waals surface area contributed by atoms with Crippen molar-refractivity contribution in [2.45, 2.75) is 25.3 Å². The number of fused-ring (bicyclic) bond motifs is 1. The van der Waals surface area contributed by atoms with Crippen molar-refractivity contribution < 1.29 is 17.9 Å². The van der Waals surface area contributed by atoms with Gasteiger partial charge in [-0.2, -0.15) is 4.99 Å². The molecule has 0 aliphatic carbocycles. The molecule has 0 bridgehead atoms. The summed E-state index contributed by atoms with van der Waals surface area (Å²) in [5, 5.41) is 0. The van der Waals surface area contributed by atoms with Crippen molar-refractivity contribution in [1.29, 1.82) is 0 Å². The Morgan fingerprint density at radius 1 is 1.06 bits per heavy atom. The molecular weight excluding hydrogens is 494 g/mol. The molecule has 0 aliphatic rings. The predicted octanol–water partition coefficient (Wildman–Crippen LogP) is 4.69. The number of sulfonamides is 1. The van der Waals surface area contributed by atoms with Crippen LogP contribution in [0, 0.1) is 12.3 Å². The number of amides is 1. The molecule has 4 aromatic rings. The maximum absolute atomic E-state index is 13.2. The molecule has 3 aromatic carbocycles. The van der Waals surface area contributed by atoms with Crippen LogP contribution in [-0.4, -0.2) is 32.0 Å².